The highest BCUT2D eigenvalue weighted by Gasteiger charge is 2.22. The first-order valence-electron chi connectivity index (χ1n) is 5.71. The van der Waals surface area contributed by atoms with Crippen molar-refractivity contribution in [2.75, 3.05) is 5.32 Å². The van der Waals surface area contributed by atoms with E-state index in [1.54, 1.807) is 0 Å². The number of nitrogens with two attached hydrogens (primary N) is 1. The van der Waals surface area contributed by atoms with Crippen LogP contribution in [0.25, 0.3) is 0 Å². The first-order chi connectivity index (χ1) is 7.75. The molecule has 0 bridgehead atoms. The van der Waals surface area contributed by atoms with E-state index in [1.165, 1.54) is 38.1 Å². The minimum atomic E-state index is -0.432. The Morgan fingerprint density at radius 3 is 3.00 bits per heavy atom. The summed E-state index contributed by atoms with van der Waals surface area (Å²) >= 11 is 0. The predicted octanol–water partition coefficient (Wildman–Crippen LogP) is 1.52. The van der Waals surface area contributed by atoms with Crippen LogP contribution >= 0.6 is 0 Å². The van der Waals surface area contributed by atoms with Crippen molar-refractivity contribution in [3.8, 4) is 0 Å². The molecule has 1 aliphatic rings. The molecule has 1 saturated carbocycles. The lowest BCUT2D eigenvalue weighted by atomic mass is 9.98. The Hall–Kier alpha value is -1.36. The molecule has 1 heterocycles. The summed E-state index contributed by atoms with van der Waals surface area (Å²) in [5, 5.41) is 6.18. The summed E-state index contributed by atoms with van der Waals surface area (Å²) in [5.41, 5.74) is 6.41. The van der Waals surface area contributed by atoms with Gasteiger partial charge >= 0.3 is 0 Å². The third-order valence-corrected chi connectivity index (χ3v) is 3.10. The molecule has 88 valence electrons. The number of aromatic nitrogens is 1. The number of hydrogen-bond acceptors (Lipinski definition) is 4. The molecule has 0 aromatic carbocycles. The summed E-state index contributed by atoms with van der Waals surface area (Å²) in [6, 6.07) is -0.432. The molecule has 0 aliphatic heterocycles. The van der Waals surface area contributed by atoms with Crippen molar-refractivity contribution in [1.29, 1.82) is 0 Å². The summed E-state index contributed by atoms with van der Waals surface area (Å²) in [4.78, 5) is 11.7. The molecule has 1 atom stereocenters. The Labute approximate surface area is 94.4 Å². The number of hydrogen-bond donors (Lipinski definition) is 2. The molecule has 1 amide bonds. The second kappa shape index (κ2) is 5.12. The molecule has 16 heavy (non-hydrogen) atoms. The molecule has 0 spiro atoms. The fourth-order valence-electron chi connectivity index (χ4n) is 2.21. The Morgan fingerprint density at radius 2 is 2.38 bits per heavy atom. The van der Waals surface area contributed by atoms with Crippen LogP contribution < -0.4 is 11.1 Å². The number of nitrogens with one attached hydrogen (secondary N) is 1. The van der Waals surface area contributed by atoms with Gasteiger partial charge in [0.25, 0.3) is 0 Å². The van der Waals surface area contributed by atoms with Crippen molar-refractivity contribution < 1.29 is 9.32 Å². The van der Waals surface area contributed by atoms with Crippen molar-refractivity contribution in [2.45, 2.75) is 38.1 Å². The van der Waals surface area contributed by atoms with Gasteiger partial charge in [-0.25, -0.2) is 0 Å². The molecule has 0 saturated heterocycles. The van der Waals surface area contributed by atoms with Gasteiger partial charge in [0.05, 0.1) is 12.2 Å². The highest BCUT2D eigenvalue weighted by atomic mass is 16.5. The first kappa shape index (κ1) is 11.1. The maximum absolute atomic E-state index is 11.7. The Kier molecular flexibility index (Phi) is 3.56. The van der Waals surface area contributed by atoms with E-state index in [-0.39, 0.29) is 5.91 Å². The van der Waals surface area contributed by atoms with Gasteiger partial charge in [0, 0.05) is 0 Å². The molecule has 3 N–H and O–H groups in total. The van der Waals surface area contributed by atoms with Crippen molar-refractivity contribution in [1.82, 2.24) is 5.16 Å². The molecule has 0 unspecified atom stereocenters. The summed E-state index contributed by atoms with van der Waals surface area (Å²) in [5.74, 6) is 0.457. The van der Waals surface area contributed by atoms with E-state index < -0.39 is 6.04 Å². The van der Waals surface area contributed by atoms with Gasteiger partial charge in [0.15, 0.2) is 0 Å². The van der Waals surface area contributed by atoms with Gasteiger partial charge in [0.1, 0.15) is 12.0 Å². The second-order valence-electron chi connectivity index (χ2n) is 4.40. The molecule has 0 radical (unpaired) electrons. The summed E-state index contributed by atoms with van der Waals surface area (Å²) in [6.07, 6.45) is 8.56. The van der Waals surface area contributed by atoms with Gasteiger partial charge in [-0.1, -0.05) is 30.8 Å². The maximum atomic E-state index is 11.7. The van der Waals surface area contributed by atoms with Gasteiger partial charge in [-0.15, -0.1) is 0 Å². The third kappa shape index (κ3) is 2.82. The molecule has 1 aliphatic carbocycles. The molecule has 1 aromatic rings. The zero-order valence-corrected chi connectivity index (χ0v) is 9.19. The number of carbonyl (C=O) groups is 1. The summed E-state index contributed by atoms with van der Waals surface area (Å²) in [6.45, 7) is 0. The van der Waals surface area contributed by atoms with Crippen LogP contribution in [0.4, 0.5) is 5.69 Å². The minimum Gasteiger partial charge on any atom is -0.363 e. The molecule has 5 heteroatoms. The van der Waals surface area contributed by atoms with E-state index in [2.05, 4.69) is 15.0 Å². The van der Waals surface area contributed by atoms with Gasteiger partial charge in [-0.05, 0) is 12.3 Å². The van der Waals surface area contributed by atoms with E-state index in [1.807, 2.05) is 0 Å². The SMILES string of the molecule is N[C@@H](CC1CCCC1)C(=O)Nc1cnoc1. The van der Waals surface area contributed by atoms with E-state index >= 15 is 0 Å². The fraction of sp³-hybridized carbons (Fsp3) is 0.636. The van der Waals surface area contributed by atoms with Crippen molar-refractivity contribution in [3.63, 3.8) is 0 Å². The van der Waals surface area contributed by atoms with Crippen LogP contribution in [-0.2, 0) is 4.79 Å². The van der Waals surface area contributed by atoms with Crippen LogP contribution in [-0.4, -0.2) is 17.1 Å². The van der Waals surface area contributed by atoms with Crippen LogP contribution in [0, 0.1) is 5.92 Å². The molecular weight excluding hydrogens is 206 g/mol. The van der Waals surface area contributed by atoms with Crippen molar-refractivity contribution >= 4 is 11.6 Å². The number of nitrogens with zero attached hydrogens (tertiary/aromatic N) is 1. The van der Waals surface area contributed by atoms with Gasteiger partial charge in [0.2, 0.25) is 5.91 Å². The number of anilines is 1. The highest BCUT2D eigenvalue weighted by molar-refractivity contribution is 5.94. The standard InChI is InChI=1S/C11H17N3O2/c12-10(5-8-3-1-2-4-8)11(15)14-9-6-13-16-7-9/h6-8,10H,1-5,12H2,(H,14,15)/t10-/m0/s1. The Morgan fingerprint density at radius 1 is 1.62 bits per heavy atom. The van der Waals surface area contributed by atoms with E-state index in [4.69, 9.17) is 5.73 Å². The van der Waals surface area contributed by atoms with E-state index in [0.29, 0.717) is 11.6 Å². The number of amides is 1. The maximum Gasteiger partial charge on any atom is 0.241 e. The topological polar surface area (TPSA) is 81.2 Å². The van der Waals surface area contributed by atoms with Crippen LogP contribution in [0.5, 0.6) is 0 Å². The van der Waals surface area contributed by atoms with Gasteiger partial charge < -0.3 is 15.6 Å². The lowest BCUT2D eigenvalue weighted by Gasteiger charge is -2.15. The molecule has 2 rings (SSSR count). The zero-order valence-electron chi connectivity index (χ0n) is 9.19. The Balaban J connectivity index is 1.79. The van der Waals surface area contributed by atoms with E-state index in [9.17, 15) is 4.79 Å². The van der Waals surface area contributed by atoms with Crippen LogP contribution in [0.2, 0.25) is 0 Å². The first-order valence-corrected chi connectivity index (χ1v) is 5.71. The number of carbonyl (C=O) groups excluding carboxylic acids is 1. The van der Waals surface area contributed by atoms with Crippen molar-refractivity contribution in [2.24, 2.45) is 11.7 Å². The number of rotatable bonds is 4. The average Bonchev–Trinajstić information content (AvgIpc) is 2.90. The largest absolute Gasteiger partial charge is 0.363 e. The molecular formula is C11H17N3O2. The quantitative estimate of drug-likeness (QED) is 0.810. The van der Waals surface area contributed by atoms with Gasteiger partial charge in [-0.2, -0.15) is 0 Å². The summed E-state index contributed by atoms with van der Waals surface area (Å²) < 4.78 is 4.62. The zero-order chi connectivity index (χ0) is 11.4. The van der Waals surface area contributed by atoms with Crippen molar-refractivity contribution in [3.05, 3.63) is 12.5 Å². The normalized spacial score (nSPS) is 18.6. The fourth-order valence-corrected chi connectivity index (χ4v) is 2.21. The smallest absolute Gasteiger partial charge is 0.241 e. The van der Waals surface area contributed by atoms with Crippen LogP contribution in [0.1, 0.15) is 32.1 Å². The van der Waals surface area contributed by atoms with Crippen LogP contribution in [0.3, 0.4) is 0 Å². The summed E-state index contributed by atoms with van der Waals surface area (Å²) in [7, 11) is 0. The lowest BCUT2D eigenvalue weighted by Crippen LogP contribution is -2.36. The molecule has 5 nitrogen and oxygen atoms in total. The lowest BCUT2D eigenvalue weighted by molar-refractivity contribution is -0.117. The average molecular weight is 223 g/mol. The third-order valence-electron chi connectivity index (χ3n) is 3.10. The Bertz CT molecular complexity index is 331. The molecule has 1 fully saturated rings. The monoisotopic (exact) mass is 223 g/mol. The van der Waals surface area contributed by atoms with Crippen LogP contribution in [0.15, 0.2) is 17.0 Å². The van der Waals surface area contributed by atoms with Gasteiger partial charge in [-0.3, -0.25) is 4.79 Å². The highest BCUT2D eigenvalue weighted by Crippen LogP contribution is 2.28. The molecule has 1 aromatic heterocycles. The second-order valence-corrected chi connectivity index (χ2v) is 4.40. The van der Waals surface area contributed by atoms with E-state index in [0.717, 1.165) is 6.42 Å². The minimum absolute atomic E-state index is 0.157. The predicted molar refractivity (Wildman–Crippen MR) is 59.7 cm³/mol.